The van der Waals surface area contributed by atoms with Crippen LogP contribution in [0.1, 0.15) is 26.7 Å². The van der Waals surface area contributed by atoms with E-state index in [-0.39, 0.29) is 5.97 Å². The van der Waals surface area contributed by atoms with Crippen molar-refractivity contribution in [2.45, 2.75) is 38.3 Å². The van der Waals surface area contributed by atoms with E-state index in [1.807, 2.05) is 0 Å². The third-order valence-electron chi connectivity index (χ3n) is 5.10. The van der Waals surface area contributed by atoms with Crippen LogP contribution >= 0.6 is 0 Å². The highest BCUT2D eigenvalue weighted by molar-refractivity contribution is 5.82. The van der Waals surface area contributed by atoms with E-state index in [4.69, 9.17) is 4.74 Å². The van der Waals surface area contributed by atoms with Crippen LogP contribution in [0.2, 0.25) is 0 Å². The summed E-state index contributed by atoms with van der Waals surface area (Å²) >= 11 is 0. The molecule has 1 aliphatic heterocycles. The average molecular weight is 297 g/mol. The lowest BCUT2D eigenvalue weighted by Gasteiger charge is -2.36. The molecule has 3 atom stereocenters. The fourth-order valence-electron chi connectivity index (χ4n) is 3.91. The zero-order valence-corrected chi connectivity index (χ0v) is 14.2. The average Bonchev–Trinajstić information content (AvgIpc) is 3.22. The van der Waals surface area contributed by atoms with E-state index in [1.54, 1.807) is 0 Å². The van der Waals surface area contributed by atoms with E-state index in [0.717, 1.165) is 39.0 Å². The summed E-state index contributed by atoms with van der Waals surface area (Å²) in [6, 6.07) is 0.571. The van der Waals surface area contributed by atoms with Gasteiger partial charge in [-0.1, -0.05) is 13.8 Å². The third kappa shape index (κ3) is 3.41. The lowest BCUT2D eigenvalue weighted by atomic mass is 9.92. The van der Waals surface area contributed by atoms with Crippen molar-refractivity contribution < 1.29 is 9.53 Å². The van der Waals surface area contributed by atoms with Gasteiger partial charge in [0.25, 0.3) is 0 Å². The Labute approximate surface area is 129 Å². The predicted octanol–water partition coefficient (Wildman–Crippen LogP) is 0.800. The van der Waals surface area contributed by atoms with Gasteiger partial charge in [0.2, 0.25) is 0 Å². The lowest BCUT2D eigenvalue weighted by molar-refractivity contribution is -0.150. The molecule has 0 aromatic heterocycles. The first kappa shape index (κ1) is 16.7. The van der Waals surface area contributed by atoms with Gasteiger partial charge in [-0.05, 0) is 45.3 Å². The van der Waals surface area contributed by atoms with Crippen molar-refractivity contribution >= 4 is 5.97 Å². The standard InChI is InChI=1S/C16H31N3O2/c1-6-17-16(13-7-8-13,15(20)21-5)11-19-9-12(2)14(10-19)18(3)4/h12-14,17H,6-11H2,1-5H3. The maximum atomic E-state index is 12.5. The van der Waals surface area contributed by atoms with Crippen molar-refractivity contribution in [3.63, 3.8) is 0 Å². The van der Waals surface area contributed by atoms with E-state index in [9.17, 15) is 4.79 Å². The van der Waals surface area contributed by atoms with Crippen LogP contribution in [0.3, 0.4) is 0 Å². The number of carbonyl (C=O) groups excluding carboxylic acids is 1. The van der Waals surface area contributed by atoms with Crippen molar-refractivity contribution in [2.24, 2.45) is 11.8 Å². The normalized spacial score (nSPS) is 29.6. The quantitative estimate of drug-likeness (QED) is 0.704. The molecule has 2 aliphatic rings. The molecule has 0 bridgehead atoms. The van der Waals surface area contributed by atoms with E-state index >= 15 is 0 Å². The summed E-state index contributed by atoms with van der Waals surface area (Å²) in [6.07, 6.45) is 2.26. The Hall–Kier alpha value is -0.650. The van der Waals surface area contributed by atoms with Gasteiger partial charge in [0.1, 0.15) is 5.54 Å². The minimum Gasteiger partial charge on any atom is -0.468 e. The monoisotopic (exact) mass is 297 g/mol. The SMILES string of the molecule is CCNC(CN1CC(C)C(N(C)C)C1)(C(=O)OC)C1CC1. The molecule has 3 unspecified atom stereocenters. The van der Waals surface area contributed by atoms with E-state index in [2.05, 4.69) is 43.1 Å². The van der Waals surface area contributed by atoms with Gasteiger partial charge in [-0.15, -0.1) is 0 Å². The lowest BCUT2D eigenvalue weighted by Crippen LogP contribution is -2.61. The Morgan fingerprint density at radius 1 is 1.38 bits per heavy atom. The topological polar surface area (TPSA) is 44.8 Å². The highest BCUT2D eigenvalue weighted by Gasteiger charge is 2.53. The van der Waals surface area contributed by atoms with Crippen molar-refractivity contribution in [3.8, 4) is 0 Å². The fourth-order valence-corrected chi connectivity index (χ4v) is 3.91. The summed E-state index contributed by atoms with van der Waals surface area (Å²) in [5.74, 6) is 0.975. The minimum absolute atomic E-state index is 0.0900. The van der Waals surface area contributed by atoms with Crippen molar-refractivity contribution in [1.29, 1.82) is 0 Å². The van der Waals surface area contributed by atoms with Crippen molar-refractivity contribution in [3.05, 3.63) is 0 Å². The summed E-state index contributed by atoms with van der Waals surface area (Å²) < 4.78 is 5.14. The Morgan fingerprint density at radius 3 is 2.48 bits per heavy atom. The largest absolute Gasteiger partial charge is 0.468 e. The number of esters is 1. The summed E-state index contributed by atoms with van der Waals surface area (Å²) in [6.45, 7) is 8.02. The molecule has 1 saturated heterocycles. The van der Waals surface area contributed by atoms with Gasteiger partial charge in [0.05, 0.1) is 7.11 Å². The third-order valence-corrected chi connectivity index (χ3v) is 5.10. The number of ether oxygens (including phenoxy) is 1. The highest BCUT2D eigenvalue weighted by atomic mass is 16.5. The fraction of sp³-hybridized carbons (Fsp3) is 0.938. The van der Waals surface area contributed by atoms with Crippen LogP contribution in [0.4, 0.5) is 0 Å². The van der Waals surface area contributed by atoms with Gasteiger partial charge < -0.3 is 15.0 Å². The summed E-state index contributed by atoms with van der Waals surface area (Å²) in [4.78, 5) is 17.2. The summed E-state index contributed by atoms with van der Waals surface area (Å²) in [5, 5.41) is 3.46. The predicted molar refractivity (Wildman–Crippen MR) is 84.2 cm³/mol. The Balaban J connectivity index is 2.10. The number of carbonyl (C=O) groups is 1. The molecule has 0 spiro atoms. The molecule has 1 heterocycles. The van der Waals surface area contributed by atoms with Gasteiger partial charge >= 0.3 is 5.97 Å². The van der Waals surface area contributed by atoms with E-state index in [1.165, 1.54) is 7.11 Å². The number of likely N-dealkylation sites (tertiary alicyclic amines) is 1. The van der Waals surface area contributed by atoms with Crippen LogP contribution in [0.25, 0.3) is 0 Å². The van der Waals surface area contributed by atoms with Crippen LogP contribution in [-0.4, -0.2) is 74.7 Å². The summed E-state index contributed by atoms with van der Waals surface area (Å²) in [7, 11) is 5.79. The molecular formula is C16H31N3O2. The number of nitrogens with zero attached hydrogens (tertiary/aromatic N) is 2. The van der Waals surface area contributed by atoms with Gasteiger partial charge in [-0.2, -0.15) is 0 Å². The number of likely N-dealkylation sites (N-methyl/N-ethyl adjacent to an activating group) is 2. The van der Waals surface area contributed by atoms with Gasteiger partial charge in [-0.25, -0.2) is 4.79 Å². The van der Waals surface area contributed by atoms with Crippen LogP contribution in [0, 0.1) is 11.8 Å². The van der Waals surface area contributed by atoms with Crippen LogP contribution in [0.15, 0.2) is 0 Å². The number of hydrogen-bond donors (Lipinski definition) is 1. The number of hydrogen-bond acceptors (Lipinski definition) is 5. The number of methoxy groups -OCH3 is 1. The summed E-state index contributed by atoms with van der Waals surface area (Å²) in [5.41, 5.74) is -0.510. The molecule has 1 N–H and O–H groups in total. The molecule has 1 aliphatic carbocycles. The van der Waals surface area contributed by atoms with Crippen LogP contribution in [-0.2, 0) is 9.53 Å². The zero-order valence-electron chi connectivity index (χ0n) is 14.2. The first-order valence-corrected chi connectivity index (χ1v) is 8.16. The van der Waals surface area contributed by atoms with E-state index in [0.29, 0.717) is 17.9 Å². The zero-order chi connectivity index (χ0) is 15.6. The maximum absolute atomic E-state index is 12.5. The Kier molecular flexibility index (Phi) is 5.28. The second kappa shape index (κ2) is 6.63. The molecule has 0 aromatic carbocycles. The molecule has 122 valence electrons. The molecule has 0 radical (unpaired) electrons. The van der Waals surface area contributed by atoms with Gasteiger partial charge in [-0.3, -0.25) is 4.90 Å². The molecule has 0 aromatic rings. The number of rotatable bonds is 7. The molecule has 2 fully saturated rings. The highest BCUT2D eigenvalue weighted by Crippen LogP contribution is 2.41. The molecule has 0 amide bonds. The van der Waals surface area contributed by atoms with Crippen LogP contribution in [0.5, 0.6) is 0 Å². The molecule has 2 rings (SSSR count). The van der Waals surface area contributed by atoms with Gasteiger partial charge in [0.15, 0.2) is 0 Å². The first-order valence-electron chi connectivity index (χ1n) is 8.16. The molecule has 21 heavy (non-hydrogen) atoms. The smallest absolute Gasteiger partial charge is 0.327 e. The second-order valence-electron chi connectivity index (χ2n) is 6.97. The molecule has 5 heteroatoms. The Morgan fingerprint density at radius 2 is 2.05 bits per heavy atom. The van der Waals surface area contributed by atoms with Gasteiger partial charge in [0, 0.05) is 25.7 Å². The molecule has 5 nitrogen and oxygen atoms in total. The minimum atomic E-state index is -0.510. The first-order chi connectivity index (χ1) is 9.94. The molecular weight excluding hydrogens is 266 g/mol. The van der Waals surface area contributed by atoms with Crippen molar-refractivity contribution in [2.75, 3.05) is 47.4 Å². The maximum Gasteiger partial charge on any atom is 0.327 e. The van der Waals surface area contributed by atoms with Crippen LogP contribution < -0.4 is 5.32 Å². The number of nitrogens with one attached hydrogen (secondary N) is 1. The van der Waals surface area contributed by atoms with E-state index < -0.39 is 5.54 Å². The molecule has 1 saturated carbocycles. The Bertz CT molecular complexity index is 371. The second-order valence-corrected chi connectivity index (χ2v) is 6.97. The van der Waals surface area contributed by atoms with Crippen molar-refractivity contribution in [1.82, 2.24) is 15.1 Å².